The summed E-state index contributed by atoms with van der Waals surface area (Å²) < 4.78 is 39.3. The van der Waals surface area contributed by atoms with Crippen LogP contribution in [0.1, 0.15) is 46.1 Å². The molecule has 0 aliphatic rings. The van der Waals surface area contributed by atoms with Crippen molar-refractivity contribution in [1.82, 2.24) is 4.90 Å². The molecule has 0 bridgehead atoms. The van der Waals surface area contributed by atoms with E-state index in [0.29, 0.717) is 17.8 Å². The normalized spacial score (nSPS) is 13.2. The van der Waals surface area contributed by atoms with Gasteiger partial charge in [0.2, 0.25) is 0 Å². The van der Waals surface area contributed by atoms with Crippen LogP contribution in [0.25, 0.3) is 0 Å². The fraction of sp³-hybridized carbons (Fsp3) is 0.182. The third-order valence-corrected chi connectivity index (χ3v) is 7.54. The molecule has 0 aromatic heterocycles. The zero-order valence-corrected chi connectivity index (χ0v) is 30.0. The first-order valence-corrected chi connectivity index (χ1v) is 16.4. The number of nitrogens with zero attached hydrogens (tertiary/aromatic N) is 3. The van der Waals surface area contributed by atoms with Gasteiger partial charge in [-0.1, -0.05) is 93.1 Å². The van der Waals surface area contributed by atoms with E-state index >= 15 is 0 Å². The largest absolute Gasteiger partial charge is 0.416 e. The van der Waals surface area contributed by atoms with E-state index in [4.69, 9.17) is 0 Å². The summed E-state index contributed by atoms with van der Waals surface area (Å²) in [5.41, 5.74) is 6.15. The molecular formula is C44H50F3N3. The number of para-hydroxylation sites is 1. The lowest BCUT2D eigenvalue weighted by Crippen LogP contribution is -2.18. The maximum absolute atomic E-state index is 13.1. The first kappa shape index (κ1) is 40.7. The van der Waals surface area contributed by atoms with Gasteiger partial charge in [-0.15, -0.1) is 0 Å². The van der Waals surface area contributed by atoms with Crippen molar-refractivity contribution in [3.63, 3.8) is 0 Å². The summed E-state index contributed by atoms with van der Waals surface area (Å²) in [5, 5.41) is 0. The molecule has 0 amide bonds. The zero-order chi connectivity index (χ0) is 37.1. The third-order valence-electron chi connectivity index (χ3n) is 7.54. The van der Waals surface area contributed by atoms with Crippen LogP contribution in [0, 0.1) is 0 Å². The van der Waals surface area contributed by atoms with Crippen LogP contribution in [0.2, 0.25) is 0 Å². The van der Waals surface area contributed by atoms with Gasteiger partial charge in [0.25, 0.3) is 0 Å². The first-order valence-electron chi connectivity index (χ1n) is 16.4. The minimum atomic E-state index is -4.39. The van der Waals surface area contributed by atoms with Gasteiger partial charge in [0.1, 0.15) is 0 Å². The zero-order valence-electron chi connectivity index (χ0n) is 30.0. The molecular weight excluding hydrogens is 627 g/mol. The number of rotatable bonds is 18. The summed E-state index contributed by atoms with van der Waals surface area (Å²) in [4.78, 5) is 5.93. The van der Waals surface area contributed by atoms with Gasteiger partial charge in [-0.05, 0) is 113 Å². The molecule has 0 spiro atoms. The van der Waals surface area contributed by atoms with Crippen LogP contribution in [-0.2, 0) is 6.18 Å². The third kappa shape index (κ3) is 13.2. The van der Waals surface area contributed by atoms with Crippen molar-refractivity contribution in [2.24, 2.45) is 0 Å². The van der Waals surface area contributed by atoms with Gasteiger partial charge in [-0.2, -0.15) is 13.2 Å². The SMILES string of the molecule is C=C/C=C(\C)N(C)C(=C)/C=C\C/C=C/C=C(\C)N(C(=C)/C=C\C/C=C/C=C(\C)N(C(=C)/C=C\C)c1ccc(C(F)(F)F)cc1)c1ccccc1. The highest BCUT2D eigenvalue weighted by Gasteiger charge is 2.30. The lowest BCUT2D eigenvalue weighted by molar-refractivity contribution is -0.137. The van der Waals surface area contributed by atoms with Crippen molar-refractivity contribution in [2.75, 3.05) is 16.8 Å². The van der Waals surface area contributed by atoms with E-state index in [9.17, 15) is 13.2 Å². The van der Waals surface area contributed by atoms with E-state index in [1.165, 1.54) is 12.1 Å². The Morgan fingerprint density at radius 2 is 1.12 bits per heavy atom. The van der Waals surface area contributed by atoms with Crippen molar-refractivity contribution >= 4 is 11.4 Å². The molecule has 3 nitrogen and oxygen atoms in total. The second-order valence-electron chi connectivity index (χ2n) is 11.4. The molecule has 0 saturated heterocycles. The molecule has 0 fully saturated rings. The van der Waals surface area contributed by atoms with Crippen LogP contribution in [0.15, 0.2) is 200 Å². The van der Waals surface area contributed by atoms with Crippen molar-refractivity contribution in [2.45, 2.75) is 46.7 Å². The maximum atomic E-state index is 13.1. The van der Waals surface area contributed by atoms with Crippen LogP contribution in [0.5, 0.6) is 0 Å². The number of halogens is 3. The van der Waals surface area contributed by atoms with E-state index in [-0.39, 0.29) is 0 Å². The molecule has 2 aromatic carbocycles. The minimum Gasteiger partial charge on any atom is -0.349 e. The number of anilines is 2. The number of hydrogen-bond acceptors (Lipinski definition) is 3. The van der Waals surface area contributed by atoms with E-state index in [0.717, 1.165) is 52.7 Å². The quantitative estimate of drug-likeness (QED) is 0.145. The average Bonchev–Trinajstić information content (AvgIpc) is 3.08. The van der Waals surface area contributed by atoms with Crippen LogP contribution in [0.4, 0.5) is 24.5 Å². The van der Waals surface area contributed by atoms with Crippen molar-refractivity contribution in [3.05, 3.63) is 206 Å². The molecule has 6 heteroatoms. The molecule has 0 atom stereocenters. The summed E-state index contributed by atoms with van der Waals surface area (Å²) in [6.45, 7) is 24.1. The predicted octanol–water partition coefficient (Wildman–Crippen LogP) is 13.0. The van der Waals surface area contributed by atoms with Gasteiger partial charge >= 0.3 is 6.18 Å². The molecule has 2 rings (SSSR count). The van der Waals surface area contributed by atoms with E-state index < -0.39 is 11.7 Å². The van der Waals surface area contributed by atoms with Crippen LogP contribution in [0.3, 0.4) is 0 Å². The Morgan fingerprint density at radius 3 is 1.60 bits per heavy atom. The second-order valence-corrected chi connectivity index (χ2v) is 11.4. The van der Waals surface area contributed by atoms with Crippen molar-refractivity contribution in [1.29, 1.82) is 0 Å². The van der Waals surface area contributed by atoms with Crippen molar-refractivity contribution < 1.29 is 13.2 Å². The average molecular weight is 678 g/mol. The van der Waals surface area contributed by atoms with Gasteiger partial charge in [0, 0.05) is 52.6 Å². The smallest absolute Gasteiger partial charge is 0.349 e. The Kier molecular flexibility index (Phi) is 16.9. The molecule has 2 aromatic rings. The van der Waals surface area contributed by atoms with E-state index in [2.05, 4.69) is 56.4 Å². The summed E-state index contributed by atoms with van der Waals surface area (Å²) >= 11 is 0. The summed E-state index contributed by atoms with van der Waals surface area (Å²) in [6, 6.07) is 15.2. The maximum Gasteiger partial charge on any atom is 0.416 e. The molecule has 0 aliphatic carbocycles. The van der Waals surface area contributed by atoms with Gasteiger partial charge in [-0.25, -0.2) is 0 Å². The summed E-state index contributed by atoms with van der Waals surface area (Å²) in [7, 11) is 1.98. The highest BCUT2D eigenvalue weighted by atomic mass is 19.4. The number of hydrogen-bond donors (Lipinski definition) is 0. The lowest BCUT2D eigenvalue weighted by Gasteiger charge is -2.26. The molecule has 0 N–H and O–H groups in total. The van der Waals surface area contributed by atoms with Gasteiger partial charge in [0.15, 0.2) is 0 Å². The number of alkyl halides is 3. The molecule has 0 radical (unpaired) electrons. The molecule has 50 heavy (non-hydrogen) atoms. The Hall–Kier alpha value is -5.49. The monoisotopic (exact) mass is 677 g/mol. The van der Waals surface area contributed by atoms with Crippen LogP contribution >= 0.6 is 0 Å². The van der Waals surface area contributed by atoms with E-state index in [1.54, 1.807) is 6.08 Å². The minimum absolute atomic E-state index is 0.594. The van der Waals surface area contributed by atoms with E-state index in [1.807, 2.05) is 129 Å². The first-order chi connectivity index (χ1) is 23.8. The van der Waals surface area contributed by atoms with Crippen LogP contribution < -0.4 is 9.80 Å². The van der Waals surface area contributed by atoms with Gasteiger partial charge < -0.3 is 14.7 Å². The highest BCUT2D eigenvalue weighted by molar-refractivity contribution is 5.61. The Balaban J connectivity index is 2.12. The highest BCUT2D eigenvalue weighted by Crippen LogP contribution is 2.32. The molecule has 0 unspecified atom stereocenters. The number of likely N-dealkylation sites (N-methyl/N-ethyl adjacent to an activating group) is 1. The summed E-state index contributed by atoms with van der Waals surface area (Å²) in [5.74, 6) is 0. The second kappa shape index (κ2) is 20.8. The number of allylic oxidation sites excluding steroid dienone is 17. The van der Waals surface area contributed by atoms with Gasteiger partial charge in [-0.3, -0.25) is 0 Å². The Labute approximate surface area is 298 Å². The standard InChI is InChI=1S/C44H50F3N3/c1-10-23-35(3)48(9)36(4)25-17-12-13-18-27-39(7)50(42-29-21-16-22-30-42)40(8)28-20-15-14-19-26-38(6)49(37(5)24-11-2)43-33-31-41(32-34-43)44(45,46)47/h10-11,13-14,16-34H,1,4-5,8,12,15H2,2-3,6-7,9H3/b18-13+,19-14+,24-11-,25-17-,28-20-,35-23+,38-26+,39-27+. The fourth-order valence-corrected chi connectivity index (χ4v) is 4.82. The lowest BCUT2D eigenvalue weighted by atomic mass is 10.1. The van der Waals surface area contributed by atoms with Gasteiger partial charge in [0.05, 0.1) is 5.56 Å². The Morgan fingerprint density at radius 1 is 0.640 bits per heavy atom. The fourth-order valence-electron chi connectivity index (χ4n) is 4.82. The Bertz CT molecular complexity index is 1690. The molecule has 0 aliphatic heterocycles. The molecule has 262 valence electrons. The number of benzene rings is 2. The van der Waals surface area contributed by atoms with Crippen molar-refractivity contribution in [3.8, 4) is 0 Å². The summed E-state index contributed by atoms with van der Waals surface area (Å²) in [6.07, 6.45) is 24.5. The topological polar surface area (TPSA) is 9.72 Å². The molecule has 0 saturated carbocycles. The predicted molar refractivity (Wildman–Crippen MR) is 210 cm³/mol. The van der Waals surface area contributed by atoms with Crippen LogP contribution in [-0.4, -0.2) is 11.9 Å². The molecule has 0 heterocycles.